The highest BCUT2D eigenvalue weighted by Crippen LogP contribution is 2.37. The molecule has 8 heteroatoms. The average Bonchev–Trinajstić information content (AvgIpc) is 2.67. The van der Waals surface area contributed by atoms with Gasteiger partial charge in [0.15, 0.2) is 16.6 Å². The molecule has 1 aliphatic heterocycles. The molecular formula is C21H19BrN2O4S. The van der Waals surface area contributed by atoms with Crippen LogP contribution in [0.1, 0.15) is 16.7 Å². The van der Waals surface area contributed by atoms with Crippen molar-refractivity contribution in [3.8, 4) is 11.5 Å². The number of aryl methyl sites for hydroxylation is 1. The zero-order valence-electron chi connectivity index (χ0n) is 16.3. The van der Waals surface area contributed by atoms with Gasteiger partial charge in [-0.05, 0) is 83.0 Å². The Morgan fingerprint density at radius 3 is 2.52 bits per heavy atom. The fourth-order valence-electron chi connectivity index (χ4n) is 3.04. The number of benzene rings is 2. The van der Waals surface area contributed by atoms with Crippen LogP contribution in [0.15, 0.2) is 40.4 Å². The minimum absolute atomic E-state index is 0.0290. The van der Waals surface area contributed by atoms with Crippen LogP contribution in [-0.2, 0) is 9.59 Å². The molecule has 0 saturated carbocycles. The van der Waals surface area contributed by atoms with E-state index in [0.717, 1.165) is 11.1 Å². The first kappa shape index (κ1) is 21.0. The second-order valence-corrected chi connectivity index (χ2v) is 7.66. The zero-order chi connectivity index (χ0) is 21.3. The first-order valence-electron chi connectivity index (χ1n) is 8.67. The van der Waals surface area contributed by atoms with Crippen molar-refractivity contribution in [2.45, 2.75) is 13.8 Å². The van der Waals surface area contributed by atoms with Gasteiger partial charge in [-0.3, -0.25) is 19.8 Å². The fraction of sp³-hybridized carbons (Fsp3) is 0.190. The molecule has 2 amide bonds. The third-order valence-electron chi connectivity index (χ3n) is 4.69. The van der Waals surface area contributed by atoms with Crippen molar-refractivity contribution in [2.24, 2.45) is 0 Å². The molecule has 1 aliphatic rings. The Morgan fingerprint density at radius 2 is 1.86 bits per heavy atom. The van der Waals surface area contributed by atoms with Crippen LogP contribution in [0, 0.1) is 13.8 Å². The van der Waals surface area contributed by atoms with E-state index < -0.39 is 11.8 Å². The van der Waals surface area contributed by atoms with Crippen LogP contribution in [-0.4, -0.2) is 31.1 Å². The summed E-state index contributed by atoms with van der Waals surface area (Å²) >= 11 is 8.70. The Hall–Kier alpha value is -2.71. The van der Waals surface area contributed by atoms with Gasteiger partial charge >= 0.3 is 0 Å². The number of amides is 2. The number of ether oxygens (including phenoxy) is 2. The molecule has 1 N–H and O–H groups in total. The second-order valence-electron chi connectivity index (χ2n) is 6.42. The summed E-state index contributed by atoms with van der Waals surface area (Å²) in [4.78, 5) is 27.1. The van der Waals surface area contributed by atoms with Crippen molar-refractivity contribution in [3.63, 3.8) is 0 Å². The van der Waals surface area contributed by atoms with E-state index in [1.54, 1.807) is 18.2 Å². The smallest absolute Gasteiger partial charge is 0.270 e. The first-order chi connectivity index (χ1) is 13.8. The Kier molecular flexibility index (Phi) is 6.04. The maximum atomic E-state index is 13.2. The molecule has 2 aromatic rings. The molecule has 0 aliphatic carbocycles. The van der Waals surface area contributed by atoms with Crippen LogP contribution in [0.3, 0.4) is 0 Å². The summed E-state index contributed by atoms with van der Waals surface area (Å²) in [5, 5.41) is 2.66. The lowest BCUT2D eigenvalue weighted by Crippen LogP contribution is -2.54. The molecule has 0 atom stereocenters. The molecule has 1 fully saturated rings. The molecule has 3 rings (SSSR count). The number of carbonyl (C=O) groups excluding carboxylic acids is 2. The van der Waals surface area contributed by atoms with Crippen molar-refractivity contribution in [2.75, 3.05) is 19.1 Å². The number of hydrogen-bond donors (Lipinski definition) is 1. The molecule has 1 heterocycles. The Balaban J connectivity index is 2.09. The summed E-state index contributed by atoms with van der Waals surface area (Å²) in [5.74, 6) is -0.0441. The topological polar surface area (TPSA) is 67.9 Å². The average molecular weight is 475 g/mol. The predicted molar refractivity (Wildman–Crippen MR) is 119 cm³/mol. The SMILES string of the molecule is COc1cc(/C=C2/C(=O)NC(=S)N(c3cccc(C)c3C)C2=O)cc(Br)c1OC. The van der Waals surface area contributed by atoms with Crippen LogP contribution in [0.5, 0.6) is 11.5 Å². The number of hydrogen-bond acceptors (Lipinski definition) is 5. The number of halogens is 1. The van der Waals surface area contributed by atoms with E-state index in [1.807, 2.05) is 26.0 Å². The van der Waals surface area contributed by atoms with Crippen molar-refractivity contribution < 1.29 is 19.1 Å². The standard InChI is InChI=1S/C21H19BrN2O4S/c1-11-6-5-7-16(12(11)2)24-20(26)14(19(25)23-21(24)29)8-13-9-15(22)18(28-4)17(10-13)27-3/h5-10H,1-4H3,(H,23,25,29)/b14-8-. The number of nitrogens with zero attached hydrogens (tertiary/aromatic N) is 1. The van der Waals surface area contributed by atoms with E-state index >= 15 is 0 Å². The van der Waals surface area contributed by atoms with Gasteiger partial charge in [0, 0.05) is 0 Å². The lowest BCUT2D eigenvalue weighted by atomic mass is 10.0. The quantitative estimate of drug-likeness (QED) is 0.413. The minimum Gasteiger partial charge on any atom is -0.493 e. The zero-order valence-corrected chi connectivity index (χ0v) is 18.7. The highest BCUT2D eigenvalue weighted by molar-refractivity contribution is 9.10. The Morgan fingerprint density at radius 1 is 1.14 bits per heavy atom. The predicted octanol–water partition coefficient (Wildman–Crippen LogP) is 3.91. The molecule has 6 nitrogen and oxygen atoms in total. The van der Waals surface area contributed by atoms with Crippen molar-refractivity contribution in [1.29, 1.82) is 0 Å². The molecule has 0 spiro atoms. The van der Waals surface area contributed by atoms with Gasteiger partial charge in [0.25, 0.3) is 11.8 Å². The summed E-state index contributed by atoms with van der Waals surface area (Å²) < 4.78 is 11.3. The summed E-state index contributed by atoms with van der Waals surface area (Å²) in [5.41, 5.74) is 3.14. The maximum absolute atomic E-state index is 13.2. The molecule has 2 aromatic carbocycles. The highest BCUT2D eigenvalue weighted by Gasteiger charge is 2.35. The Labute approximate surface area is 182 Å². The molecule has 0 unspecified atom stereocenters. The number of nitrogens with one attached hydrogen (secondary N) is 1. The van der Waals surface area contributed by atoms with Crippen LogP contribution in [0.25, 0.3) is 6.08 Å². The van der Waals surface area contributed by atoms with E-state index in [1.165, 1.54) is 25.2 Å². The van der Waals surface area contributed by atoms with Gasteiger partial charge in [0.1, 0.15) is 5.57 Å². The maximum Gasteiger partial charge on any atom is 0.270 e. The van der Waals surface area contributed by atoms with Crippen molar-refractivity contribution in [3.05, 3.63) is 57.1 Å². The lowest BCUT2D eigenvalue weighted by molar-refractivity contribution is -0.122. The number of methoxy groups -OCH3 is 2. The molecule has 29 heavy (non-hydrogen) atoms. The summed E-state index contributed by atoms with van der Waals surface area (Å²) in [7, 11) is 3.04. The number of carbonyl (C=O) groups is 2. The van der Waals surface area contributed by atoms with Gasteiger partial charge in [0.2, 0.25) is 0 Å². The fourth-order valence-corrected chi connectivity index (χ4v) is 3.94. The number of thiocarbonyl (C=S) groups is 1. The van der Waals surface area contributed by atoms with E-state index in [2.05, 4.69) is 21.2 Å². The van der Waals surface area contributed by atoms with Crippen molar-refractivity contribution in [1.82, 2.24) is 5.32 Å². The first-order valence-corrected chi connectivity index (χ1v) is 9.87. The van der Waals surface area contributed by atoms with Gasteiger partial charge < -0.3 is 9.47 Å². The minimum atomic E-state index is -0.549. The van der Waals surface area contributed by atoms with Crippen LogP contribution in [0.4, 0.5) is 5.69 Å². The summed E-state index contributed by atoms with van der Waals surface area (Å²) in [6.07, 6.45) is 1.50. The van der Waals surface area contributed by atoms with Crippen LogP contribution >= 0.6 is 28.1 Å². The monoisotopic (exact) mass is 474 g/mol. The third-order valence-corrected chi connectivity index (χ3v) is 5.56. The summed E-state index contributed by atoms with van der Waals surface area (Å²) in [6, 6.07) is 9.02. The molecule has 0 aromatic heterocycles. The summed E-state index contributed by atoms with van der Waals surface area (Å²) in [6.45, 7) is 3.86. The van der Waals surface area contributed by atoms with Gasteiger partial charge in [0.05, 0.1) is 24.4 Å². The molecular weight excluding hydrogens is 456 g/mol. The van der Waals surface area contributed by atoms with Gasteiger partial charge in [-0.1, -0.05) is 12.1 Å². The highest BCUT2D eigenvalue weighted by atomic mass is 79.9. The van der Waals surface area contributed by atoms with Gasteiger partial charge in [-0.2, -0.15) is 0 Å². The normalized spacial score (nSPS) is 15.6. The second kappa shape index (κ2) is 8.34. The molecule has 150 valence electrons. The van der Waals surface area contributed by atoms with Gasteiger partial charge in [-0.25, -0.2) is 0 Å². The number of rotatable bonds is 4. The van der Waals surface area contributed by atoms with E-state index in [9.17, 15) is 9.59 Å². The van der Waals surface area contributed by atoms with Crippen LogP contribution in [0.2, 0.25) is 0 Å². The van der Waals surface area contributed by atoms with Gasteiger partial charge in [-0.15, -0.1) is 0 Å². The molecule has 0 radical (unpaired) electrons. The van der Waals surface area contributed by atoms with Crippen molar-refractivity contribution >= 4 is 56.8 Å². The van der Waals surface area contributed by atoms with E-state index in [-0.39, 0.29) is 10.7 Å². The third kappa shape index (κ3) is 3.90. The largest absolute Gasteiger partial charge is 0.493 e. The molecule has 1 saturated heterocycles. The molecule has 0 bridgehead atoms. The van der Waals surface area contributed by atoms with Crippen LogP contribution < -0.4 is 19.7 Å². The van der Waals surface area contributed by atoms with E-state index in [4.69, 9.17) is 21.7 Å². The lowest BCUT2D eigenvalue weighted by Gasteiger charge is -2.30. The Bertz CT molecular complexity index is 1060. The number of anilines is 1. The van der Waals surface area contributed by atoms with E-state index in [0.29, 0.717) is 27.2 Å².